The number of hydrogen-bond donors (Lipinski definition) is 1. The predicted octanol–water partition coefficient (Wildman–Crippen LogP) is 5.30. The van der Waals surface area contributed by atoms with Crippen molar-refractivity contribution in [1.29, 1.82) is 0 Å². The molecule has 39 heavy (non-hydrogen) atoms. The van der Waals surface area contributed by atoms with Crippen LogP contribution >= 0.6 is 11.6 Å². The molecule has 0 radical (unpaired) electrons. The number of amides is 2. The van der Waals surface area contributed by atoms with Gasteiger partial charge in [0, 0.05) is 17.1 Å². The lowest BCUT2D eigenvalue weighted by Gasteiger charge is -2.34. The van der Waals surface area contributed by atoms with Crippen LogP contribution in [-0.2, 0) is 26.0 Å². The predicted molar refractivity (Wildman–Crippen MR) is 156 cm³/mol. The van der Waals surface area contributed by atoms with E-state index in [1.54, 1.807) is 30.3 Å². The van der Waals surface area contributed by atoms with E-state index in [-0.39, 0.29) is 17.3 Å². The number of hydrogen-bond acceptors (Lipinski definition) is 4. The third kappa shape index (κ3) is 8.31. The molecule has 3 aromatic rings. The Morgan fingerprint density at radius 1 is 0.897 bits per heavy atom. The summed E-state index contributed by atoms with van der Waals surface area (Å²) in [6, 6.07) is 23.2. The van der Waals surface area contributed by atoms with Gasteiger partial charge in [0.15, 0.2) is 0 Å². The van der Waals surface area contributed by atoms with Gasteiger partial charge in [-0.1, -0.05) is 67.1 Å². The number of para-hydroxylation sites is 1. The van der Waals surface area contributed by atoms with Crippen LogP contribution < -0.4 is 9.62 Å². The zero-order chi connectivity index (χ0) is 28.6. The molecule has 0 aliphatic heterocycles. The summed E-state index contributed by atoms with van der Waals surface area (Å²) in [6.45, 7) is 7.26. The lowest BCUT2D eigenvalue weighted by atomic mass is 10.1. The molecule has 208 valence electrons. The maximum atomic E-state index is 14.0. The smallest absolute Gasteiger partial charge is 0.264 e. The summed E-state index contributed by atoms with van der Waals surface area (Å²) in [5, 5.41) is 3.37. The SMILES string of the molecule is CC[C@H](C(=O)NC(C)(C)C)N(CCc1ccccc1)C(=O)CN(c1ccccc1)S(=O)(=O)c1ccc(Cl)cc1. The maximum absolute atomic E-state index is 14.0. The fourth-order valence-electron chi connectivity index (χ4n) is 4.21. The highest BCUT2D eigenvalue weighted by Gasteiger charge is 2.34. The normalized spacial score (nSPS) is 12.4. The zero-order valence-electron chi connectivity index (χ0n) is 22.8. The molecular formula is C30H36ClN3O4S. The van der Waals surface area contributed by atoms with Gasteiger partial charge in [-0.15, -0.1) is 0 Å². The van der Waals surface area contributed by atoms with Crippen molar-refractivity contribution in [2.24, 2.45) is 0 Å². The Labute approximate surface area is 236 Å². The fraction of sp³-hybridized carbons (Fsp3) is 0.333. The summed E-state index contributed by atoms with van der Waals surface area (Å²) in [7, 11) is -4.12. The molecule has 0 heterocycles. The maximum Gasteiger partial charge on any atom is 0.264 e. The standard InChI is InChI=1S/C30H36ClN3O4S/c1-5-27(29(36)32-30(2,3)4)33(21-20-23-12-8-6-9-13-23)28(35)22-34(25-14-10-7-11-15-25)39(37,38)26-18-16-24(31)17-19-26/h6-19,27H,5,20-22H2,1-4H3,(H,32,36)/t27-/m1/s1. The highest BCUT2D eigenvalue weighted by Crippen LogP contribution is 2.25. The summed E-state index contributed by atoms with van der Waals surface area (Å²) in [6.07, 6.45) is 0.888. The first-order valence-electron chi connectivity index (χ1n) is 12.9. The Bertz CT molecular complexity index is 1340. The lowest BCUT2D eigenvalue weighted by Crippen LogP contribution is -2.56. The summed E-state index contributed by atoms with van der Waals surface area (Å²) in [4.78, 5) is 28.8. The van der Waals surface area contributed by atoms with E-state index < -0.39 is 34.1 Å². The van der Waals surface area contributed by atoms with E-state index in [1.165, 1.54) is 29.2 Å². The van der Waals surface area contributed by atoms with Gasteiger partial charge >= 0.3 is 0 Å². The van der Waals surface area contributed by atoms with Crippen LogP contribution in [0.5, 0.6) is 0 Å². The number of benzene rings is 3. The molecule has 2 amide bonds. The molecule has 1 atom stereocenters. The van der Waals surface area contributed by atoms with Crippen molar-refractivity contribution < 1.29 is 18.0 Å². The number of nitrogens with one attached hydrogen (secondary N) is 1. The number of carbonyl (C=O) groups excluding carboxylic acids is 2. The molecule has 0 aliphatic carbocycles. The molecule has 7 nitrogen and oxygen atoms in total. The first-order valence-corrected chi connectivity index (χ1v) is 14.7. The van der Waals surface area contributed by atoms with E-state index in [9.17, 15) is 18.0 Å². The van der Waals surface area contributed by atoms with E-state index in [4.69, 9.17) is 11.6 Å². The monoisotopic (exact) mass is 569 g/mol. The molecule has 0 aliphatic rings. The van der Waals surface area contributed by atoms with Gasteiger partial charge in [-0.3, -0.25) is 13.9 Å². The largest absolute Gasteiger partial charge is 0.350 e. The number of halogens is 1. The van der Waals surface area contributed by atoms with Crippen LogP contribution in [0.4, 0.5) is 5.69 Å². The second-order valence-electron chi connectivity index (χ2n) is 10.3. The van der Waals surface area contributed by atoms with Crippen LogP contribution in [0.3, 0.4) is 0 Å². The van der Waals surface area contributed by atoms with Crippen molar-refractivity contribution >= 4 is 39.1 Å². The highest BCUT2D eigenvalue weighted by molar-refractivity contribution is 7.92. The van der Waals surface area contributed by atoms with Crippen molar-refractivity contribution in [2.75, 3.05) is 17.4 Å². The molecule has 3 aromatic carbocycles. The van der Waals surface area contributed by atoms with Crippen LogP contribution in [0.1, 0.15) is 39.7 Å². The van der Waals surface area contributed by atoms with Gasteiger partial charge in [0.1, 0.15) is 12.6 Å². The highest BCUT2D eigenvalue weighted by atomic mass is 35.5. The summed E-state index contributed by atoms with van der Waals surface area (Å²) >= 11 is 5.99. The quantitative estimate of drug-likeness (QED) is 0.339. The molecule has 1 N–H and O–H groups in total. The average Bonchev–Trinajstić information content (AvgIpc) is 2.89. The molecule has 0 bridgehead atoms. The van der Waals surface area contributed by atoms with E-state index in [1.807, 2.05) is 58.0 Å². The average molecular weight is 570 g/mol. The van der Waals surface area contributed by atoms with Gasteiger partial charge in [0.25, 0.3) is 10.0 Å². The molecule has 0 aromatic heterocycles. The van der Waals surface area contributed by atoms with Crippen LogP contribution in [0.2, 0.25) is 5.02 Å². The summed E-state index contributed by atoms with van der Waals surface area (Å²) in [5.41, 5.74) is 0.859. The van der Waals surface area contributed by atoms with E-state index in [2.05, 4.69) is 5.32 Å². The molecular weight excluding hydrogens is 534 g/mol. The number of anilines is 1. The van der Waals surface area contributed by atoms with Crippen LogP contribution in [0, 0.1) is 0 Å². The number of nitrogens with zero attached hydrogens (tertiary/aromatic N) is 2. The number of rotatable bonds is 11. The van der Waals surface area contributed by atoms with Crippen molar-refractivity contribution in [1.82, 2.24) is 10.2 Å². The number of carbonyl (C=O) groups is 2. The minimum Gasteiger partial charge on any atom is -0.350 e. The van der Waals surface area contributed by atoms with E-state index in [0.29, 0.717) is 23.6 Å². The zero-order valence-corrected chi connectivity index (χ0v) is 24.4. The first kappa shape index (κ1) is 30.2. The van der Waals surface area contributed by atoms with Crippen LogP contribution in [0.15, 0.2) is 89.8 Å². The summed E-state index contributed by atoms with van der Waals surface area (Å²) in [5.74, 6) is -0.749. The molecule has 0 fully saturated rings. The molecule has 9 heteroatoms. The Kier molecular flexibility index (Phi) is 10.2. The Balaban J connectivity index is 1.99. The third-order valence-electron chi connectivity index (χ3n) is 6.09. The molecule has 0 saturated heterocycles. The van der Waals surface area contributed by atoms with Crippen molar-refractivity contribution in [2.45, 2.75) is 57.0 Å². The second-order valence-corrected chi connectivity index (χ2v) is 12.6. The topological polar surface area (TPSA) is 86.8 Å². The molecule has 3 rings (SSSR count). The fourth-order valence-corrected chi connectivity index (χ4v) is 5.75. The Morgan fingerprint density at radius 3 is 2.00 bits per heavy atom. The van der Waals surface area contributed by atoms with Gasteiger partial charge in [-0.05, 0) is 75.6 Å². The lowest BCUT2D eigenvalue weighted by molar-refractivity contribution is -0.140. The van der Waals surface area contributed by atoms with Crippen LogP contribution in [0.25, 0.3) is 0 Å². The first-order chi connectivity index (χ1) is 18.4. The van der Waals surface area contributed by atoms with Gasteiger partial charge in [-0.2, -0.15) is 0 Å². The molecule has 0 saturated carbocycles. The van der Waals surface area contributed by atoms with Crippen molar-refractivity contribution in [3.8, 4) is 0 Å². The summed E-state index contributed by atoms with van der Waals surface area (Å²) < 4.78 is 28.6. The van der Waals surface area contributed by atoms with Gasteiger partial charge < -0.3 is 10.2 Å². The molecule has 0 spiro atoms. The Morgan fingerprint density at radius 2 is 1.46 bits per heavy atom. The minimum atomic E-state index is -4.12. The van der Waals surface area contributed by atoms with Crippen molar-refractivity contribution in [3.05, 3.63) is 95.5 Å². The van der Waals surface area contributed by atoms with Crippen molar-refractivity contribution in [3.63, 3.8) is 0 Å². The van der Waals surface area contributed by atoms with Gasteiger partial charge in [-0.25, -0.2) is 8.42 Å². The third-order valence-corrected chi connectivity index (χ3v) is 8.13. The van der Waals surface area contributed by atoms with Gasteiger partial charge in [0.2, 0.25) is 11.8 Å². The number of sulfonamides is 1. The minimum absolute atomic E-state index is 0.0110. The van der Waals surface area contributed by atoms with E-state index >= 15 is 0 Å². The van der Waals surface area contributed by atoms with Gasteiger partial charge in [0.05, 0.1) is 10.6 Å². The van der Waals surface area contributed by atoms with E-state index in [0.717, 1.165) is 9.87 Å². The Hall–Kier alpha value is -3.36. The van der Waals surface area contributed by atoms with Crippen LogP contribution in [-0.4, -0.2) is 49.8 Å². The second kappa shape index (κ2) is 13.1. The molecule has 0 unspecified atom stereocenters.